The highest BCUT2D eigenvalue weighted by molar-refractivity contribution is 5.75. The molecule has 1 aliphatic rings. The summed E-state index contributed by atoms with van der Waals surface area (Å²) in [7, 11) is 0. The van der Waals surface area contributed by atoms with Gasteiger partial charge >= 0.3 is 0 Å². The molecule has 19 heavy (non-hydrogen) atoms. The Kier molecular flexibility index (Phi) is 2.28. The van der Waals surface area contributed by atoms with E-state index < -0.39 is 0 Å². The van der Waals surface area contributed by atoms with Crippen molar-refractivity contribution in [1.82, 2.24) is 14.5 Å². The number of benzene rings is 1. The average Bonchev–Trinajstić information content (AvgIpc) is 3.04. The number of aromatic amines is 1. The molecule has 1 fully saturated rings. The van der Waals surface area contributed by atoms with Gasteiger partial charge in [0.25, 0.3) is 0 Å². The number of H-pyrrole nitrogens is 1. The van der Waals surface area contributed by atoms with E-state index in [0.717, 1.165) is 23.5 Å². The van der Waals surface area contributed by atoms with Crippen molar-refractivity contribution in [2.45, 2.75) is 32.2 Å². The van der Waals surface area contributed by atoms with Gasteiger partial charge in [-0.1, -0.05) is 6.07 Å². The van der Waals surface area contributed by atoms with Crippen molar-refractivity contribution in [3.05, 3.63) is 53.6 Å². The summed E-state index contributed by atoms with van der Waals surface area (Å²) >= 11 is 0. The van der Waals surface area contributed by atoms with Crippen molar-refractivity contribution < 1.29 is 0 Å². The molecule has 4 rings (SSSR count). The second-order valence-electron chi connectivity index (χ2n) is 5.51. The van der Waals surface area contributed by atoms with Crippen molar-refractivity contribution in [3.63, 3.8) is 0 Å². The van der Waals surface area contributed by atoms with Gasteiger partial charge < -0.3 is 9.55 Å². The van der Waals surface area contributed by atoms with Crippen LogP contribution in [0.3, 0.4) is 0 Å². The Hall–Kier alpha value is -2.03. The highest BCUT2D eigenvalue weighted by atomic mass is 15.0. The molecule has 1 aromatic carbocycles. The number of hydrogen-bond acceptors (Lipinski definition) is 1. The molecule has 0 amide bonds. The van der Waals surface area contributed by atoms with E-state index >= 15 is 0 Å². The lowest BCUT2D eigenvalue weighted by Crippen LogP contribution is -2.05. The topological polar surface area (TPSA) is 33.6 Å². The first kappa shape index (κ1) is 10.9. The van der Waals surface area contributed by atoms with Crippen LogP contribution in [0.4, 0.5) is 0 Å². The van der Waals surface area contributed by atoms with E-state index in [-0.39, 0.29) is 0 Å². The minimum absolute atomic E-state index is 0.794. The standard InChI is InChI=1S/C16H17N3/c1-11-2-7-16(13-4-5-13)19(11)9-12-3-6-14-15(8-12)18-10-17-14/h2-3,6-8,10,13H,4-5,9H2,1H3,(H,17,18). The number of rotatable bonds is 3. The Bertz CT molecular complexity index is 731. The zero-order valence-electron chi connectivity index (χ0n) is 11.1. The van der Waals surface area contributed by atoms with Crippen LogP contribution >= 0.6 is 0 Å². The predicted molar refractivity (Wildman–Crippen MR) is 76.3 cm³/mol. The maximum Gasteiger partial charge on any atom is 0.0931 e. The number of nitrogens with zero attached hydrogens (tertiary/aromatic N) is 2. The highest BCUT2D eigenvalue weighted by Crippen LogP contribution is 2.41. The van der Waals surface area contributed by atoms with Crippen molar-refractivity contribution in [1.29, 1.82) is 0 Å². The fourth-order valence-corrected chi connectivity index (χ4v) is 2.80. The number of nitrogens with one attached hydrogen (secondary N) is 1. The molecular formula is C16H17N3. The smallest absolute Gasteiger partial charge is 0.0931 e. The van der Waals surface area contributed by atoms with Crippen LogP contribution in [0.2, 0.25) is 0 Å². The third-order valence-electron chi connectivity index (χ3n) is 4.05. The van der Waals surface area contributed by atoms with Crippen LogP contribution in [-0.4, -0.2) is 14.5 Å². The zero-order valence-corrected chi connectivity index (χ0v) is 11.1. The quantitative estimate of drug-likeness (QED) is 0.758. The monoisotopic (exact) mass is 251 g/mol. The maximum absolute atomic E-state index is 4.34. The molecule has 0 radical (unpaired) electrons. The van der Waals surface area contributed by atoms with Crippen LogP contribution in [0.5, 0.6) is 0 Å². The normalized spacial score (nSPS) is 15.2. The summed E-state index contributed by atoms with van der Waals surface area (Å²) in [6, 6.07) is 11.0. The molecule has 3 heteroatoms. The predicted octanol–water partition coefficient (Wildman–Crippen LogP) is 3.60. The summed E-state index contributed by atoms with van der Waals surface area (Å²) in [5.74, 6) is 0.794. The van der Waals surface area contributed by atoms with Crippen molar-refractivity contribution in [2.24, 2.45) is 0 Å². The van der Waals surface area contributed by atoms with Crippen LogP contribution in [0.1, 0.15) is 35.7 Å². The van der Waals surface area contributed by atoms with Crippen LogP contribution in [0.15, 0.2) is 36.7 Å². The Morgan fingerprint density at radius 2 is 2.16 bits per heavy atom. The molecule has 3 nitrogen and oxygen atoms in total. The number of aromatic nitrogens is 3. The summed E-state index contributed by atoms with van der Waals surface area (Å²) in [4.78, 5) is 7.47. The largest absolute Gasteiger partial charge is 0.345 e. The van der Waals surface area contributed by atoms with Gasteiger partial charge in [-0.25, -0.2) is 4.98 Å². The molecule has 1 aliphatic carbocycles. The highest BCUT2D eigenvalue weighted by Gasteiger charge is 2.26. The third-order valence-corrected chi connectivity index (χ3v) is 4.05. The summed E-state index contributed by atoms with van der Waals surface area (Å²) in [6.45, 7) is 3.15. The van der Waals surface area contributed by atoms with Crippen LogP contribution in [0, 0.1) is 6.92 Å². The van der Waals surface area contributed by atoms with Gasteiger partial charge in [-0.15, -0.1) is 0 Å². The van der Waals surface area contributed by atoms with Crippen molar-refractivity contribution in [3.8, 4) is 0 Å². The molecule has 0 saturated heterocycles. The molecule has 1 N–H and O–H groups in total. The molecular weight excluding hydrogens is 234 g/mol. The fourth-order valence-electron chi connectivity index (χ4n) is 2.80. The van der Waals surface area contributed by atoms with Gasteiger partial charge in [0, 0.05) is 17.9 Å². The van der Waals surface area contributed by atoms with E-state index in [1.807, 2.05) is 0 Å². The Morgan fingerprint density at radius 3 is 3.00 bits per heavy atom. The SMILES string of the molecule is Cc1ccc(C2CC2)n1Cc1ccc2[nH]cnc2c1. The van der Waals surface area contributed by atoms with E-state index in [9.17, 15) is 0 Å². The Balaban J connectivity index is 1.71. The number of hydrogen-bond donors (Lipinski definition) is 1. The summed E-state index contributed by atoms with van der Waals surface area (Å²) in [5, 5.41) is 0. The molecule has 0 atom stereocenters. The molecule has 3 aromatic rings. The Morgan fingerprint density at radius 1 is 1.26 bits per heavy atom. The molecule has 0 spiro atoms. The van der Waals surface area contributed by atoms with Crippen LogP contribution in [-0.2, 0) is 6.54 Å². The van der Waals surface area contributed by atoms with Crippen molar-refractivity contribution >= 4 is 11.0 Å². The van der Waals surface area contributed by atoms with Gasteiger partial charge in [-0.2, -0.15) is 0 Å². The second-order valence-corrected chi connectivity index (χ2v) is 5.51. The molecule has 96 valence electrons. The van der Waals surface area contributed by atoms with E-state index in [2.05, 4.69) is 51.8 Å². The van der Waals surface area contributed by atoms with Gasteiger partial charge in [-0.3, -0.25) is 0 Å². The van der Waals surface area contributed by atoms with Crippen LogP contribution in [0.25, 0.3) is 11.0 Å². The fraction of sp³-hybridized carbons (Fsp3) is 0.312. The first-order valence-corrected chi connectivity index (χ1v) is 6.89. The molecule has 1 saturated carbocycles. The Labute approximate surface area is 112 Å². The summed E-state index contributed by atoms with van der Waals surface area (Å²) in [6.07, 6.45) is 4.45. The van der Waals surface area contributed by atoms with Gasteiger partial charge in [0.15, 0.2) is 0 Å². The van der Waals surface area contributed by atoms with Gasteiger partial charge in [-0.05, 0) is 55.5 Å². The number of fused-ring (bicyclic) bond motifs is 1. The molecule has 2 heterocycles. The number of aryl methyl sites for hydroxylation is 1. The van der Waals surface area contributed by atoms with Crippen molar-refractivity contribution in [2.75, 3.05) is 0 Å². The molecule has 0 aliphatic heterocycles. The molecule has 2 aromatic heterocycles. The van der Waals surface area contributed by atoms with Gasteiger partial charge in [0.2, 0.25) is 0 Å². The van der Waals surface area contributed by atoms with Gasteiger partial charge in [0.05, 0.1) is 17.4 Å². The molecule has 0 unspecified atom stereocenters. The minimum atomic E-state index is 0.794. The lowest BCUT2D eigenvalue weighted by atomic mass is 10.2. The lowest BCUT2D eigenvalue weighted by molar-refractivity contribution is 0.723. The zero-order chi connectivity index (χ0) is 12.8. The van der Waals surface area contributed by atoms with E-state index in [1.165, 1.54) is 29.8 Å². The maximum atomic E-state index is 4.34. The number of imidazole rings is 1. The second kappa shape index (κ2) is 3.98. The summed E-state index contributed by atoms with van der Waals surface area (Å²) in [5.41, 5.74) is 6.33. The van der Waals surface area contributed by atoms with E-state index in [0.29, 0.717) is 0 Å². The summed E-state index contributed by atoms with van der Waals surface area (Å²) < 4.78 is 2.45. The van der Waals surface area contributed by atoms with Gasteiger partial charge in [0.1, 0.15) is 0 Å². The average molecular weight is 251 g/mol. The first-order valence-electron chi connectivity index (χ1n) is 6.89. The van der Waals surface area contributed by atoms with E-state index in [1.54, 1.807) is 6.33 Å². The molecule has 0 bridgehead atoms. The minimum Gasteiger partial charge on any atom is -0.345 e. The first-order chi connectivity index (χ1) is 9.31. The van der Waals surface area contributed by atoms with Crippen LogP contribution < -0.4 is 0 Å². The lowest BCUT2D eigenvalue weighted by Gasteiger charge is -2.11. The third kappa shape index (κ3) is 1.86. The van der Waals surface area contributed by atoms with E-state index in [4.69, 9.17) is 0 Å².